The Morgan fingerprint density at radius 1 is 0.905 bits per heavy atom. The van der Waals surface area contributed by atoms with E-state index in [-0.39, 0.29) is 0 Å². The summed E-state index contributed by atoms with van der Waals surface area (Å²) in [6.45, 7) is 16.4. The number of hydrogen-bond donors (Lipinski definition) is 0. The Bertz CT molecular complexity index is 276. The number of allylic oxidation sites excluding steroid dienone is 2. The van der Waals surface area contributed by atoms with Crippen LogP contribution in [0.15, 0.2) is 11.1 Å². The van der Waals surface area contributed by atoms with Crippen LogP contribution in [0.3, 0.4) is 0 Å². The zero-order chi connectivity index (χ0) is 16.3. The molecule has 2 atom stereocenters. The lowest BCUT2D eigenvalue weighted by Crippen LogP contribution is -2.18. The molecule has 0 saturated carbocycles. The van der Waals surface area contributed by atoms with Gasteiger partial charge in [-0.2, -0.15) is 0 Å². The first kappa shape index (κ1) is 20.7. The van der Waals surface area contributed by atoms with E-state index < -0.39 is 0 Å². The summed E-state index contributed by atoms with van der Waals surface area (Å²) in [5.41, 5.74) is 3.34. The van der Waals surface area contributed by atoms with E-state index in [0.29, 0.717) is 0 Å². The second-order valence-electron chi connectivity index (χ2n) is 6.99. The van der Waals surface area contributed by atoms with Crippen LogP contribution in [0.1, 0.15) is 86.5 Å². The highest BCUT2D eigenvalue weighted by molar-refractivity contribution is 5.14. The van der Waals surface area contributed by atoms with Gasteiger partial charge in [-0.1, -0.05) is 58.1 Å². The van der Waals surface area contributed by atoms with Crippen LogP contribution in [0.2, 0.25) is 0 Å². The third-order valence-corrected chi connectivity index (χ3v) is 5.14. The minimum Gasteiger partial charge on any atom is -0.307 e. The number of unbranched alkanes of at least 4 members (excludes halogenated alkanes) is 3. The normalized spacial score (nSPS) is 14.3. The van der Waals surface area contributed by atoms with E-state index >= 15 is 0 Å². The van der Waals surface area contributed by atoms with Gasteiger partial charge in [0, 0.05) is 0 Å². The van der Waals surface area contributed by atoms with Crippen LogP contribution in [-0.2, 0) is 0 Å². The minimum atomic E-state index is 0.811. The van der Waals surface area contributed by atoms with Crippen LogP contribution in [0.4, 0.5) is 0 Å². The fourth-order valence-corrected chi connectivity index (χ4v) is 3.29. The molecule has 2 unspecified atom stereocenters. The molecule has 21 heavy (non-hydrogen) atoms. The van der Waals surface area contributed by atoms with Crippen molar-refractivity contribution in [2.75, 3.05) is 20.1 Å². The second-order valence-corrected chi connectivity index (χ2v) is 6.99. The van der Waals surface area contributed by atoms with Gasteiger partial charge in [-0.25, -0.2) is 0 Å². The molecule has 0 aromatic rings. The van der Waals surface area contributed by atoms with Gasteiger partial charge >= 0.3 is 0 Å². The topological polar surface area (TPSA) is 3.24 Å². The van der Waals surface area contributed by atoms with E-state index in [1.165, 1.54) is 58.0 Å². The molecule has 0 aliphatic rings. The fourth-order valence-electron chi connectivity index (χ4n) is 3.29. The van der Waals surface area contributed by atoms with Crippen molar-refractivity contribution in [1.29, 1.82) is 0 Å². The first-order valence-electron chi connectivity index (χ1n) is 9.32. The number of rotatable bonds is 12. The average Bonchev–Trinajstić information content (AvgIpc) is 2.48. The summed E-state index contributed by atoms with van der Waals surface area (Å²) in [7, 11) is 2.22. The van der Waals surface area contributed by atoms with Gasteiger partial charge in [-0.3, -0.25) is 0 Å². The summed E-state index contributed by atoms with van der Waals surface area (Å²) in [6, 6.07) is 0. The highest BCUT2D eigenvalue weighted by Gasteiger charge is 2.19. The van der Waals surface area contributed by atoms with Crippen molar-refractivity contribution in [1.82, 2.24) is 4.90 Å². The van der Waals surface area contributed by atoms with Crippen molar-refractivity contribution >= 4 is 0 Å². The van der Waals surface area contributed by atoms with E-state index in [9.17, 15) is 0 Å². The Hall–Kier alpha value is -0.300. The van der Waals surface area contributed by atoms with Crippen LogP contribution >= 0.6 is 0 Å². The molecule has 0 aliphatic carbocycles. The summed E-state index contributed by atoms with van der Waals surface area (Å²) in [4.78, 5) is 2.41. The van der Waals surface area contributed by atoms with E-state index in [1.54, 1.807) is 11.1 Å². The lowest BCUT2D eigenvalue weighted by Gasteiger charge is -2.26. The smallest absolute Gasteiger partial charge is 0.00219 e. The molecule has 0 saturated heterocycles. The van der Waals surface area contributed by atoms with Crippen molar-refractivity contribution < 1.29 is 0 Å². The monoisotopic (exact) mass is 295 g/mol. The molecule has 0 bridgehead atoms. The average molecular weight is 296 g/mol. The highest BCUT2D eigenvalue weighted by atomic mass is 15.1. The Morgan fingerprint density at radius 3 is 2.00 bits per heavy atom. The number of hydrogen-bond acceptors (Lipinski definition) is 1. The van der Waals surface area contributed by atoms with Gasteiger partial charge in [0.2, 0.25) is 0 Å². The summed E-state index contributed by atoms with van der Waals surface area (Å²) >= 11 is 0. The van der Waals surface area contributed by atoms with Crippen LogP contribution in [0, 0.1) is 11.8 Å². The van der Waals surface area contributed by atoms with Gasteiger partial charge in [0.1, 0.15) is 0 Å². The van der Waals surface area contributed by atoms with Gasteiger partial charge in [-0.05, 0) is 71.5 Å². The molecule has 0 heterocycles. The lowest BCUT2D eigenvalue weighted by atomic mass is 9.79. The summed E-state index contributed by atoms with van der Waals surface area (Å²) in [5.74, 6) is 1.64. The first-order valence-corrected chi connectivity index (χ1v) is 9.32. The predicted molar refractivity (Wildman–Crippen MR) is 97.9 cm³/mol. The first-order chi connectivity index (χ1) is 9.97. The van der Waals surface area contributed by atoms with E-state index in [2.05, 4.69) is 53.5 Å². The van der Waals surface area contributed by atoms with E-state index in [1.807, 2.05) is 0 Å². The van der Waals surface area contributed by atoms with E-state index in [4.69, 9.17) is 0 Å². The Balaban J connectivity index is 4.16. The van der Waals surface area contributed by atoms with Gasteiger partial charge in [0.25, 0.3) is 0 Å². The molecule has 0 fully saturated rings. The van der Waals surface area contributed by atoms with Gasteiger partial charge in [-0.15, -0.1) is 0 Å². The quantitative estimate of drug-likeness (QED) is 0.302. The molecule has 0 aliphatic heterocycles. The van der Waals surface area contributed by atoms with Crippen molar-refractivity contribution in [2.45, 2.75) is 86.5 Å². The zero-order valence-electron chi connectivity index (χ0n) is 16.0. The fraction of sp³-hybridized carbons (Fsp3) is 0.900. The van der Waals surface area contributed by atoms with E-state index in [0.717, 1.165) is 11.8 Å². The van der Waals surface area contributed by atoms with Crippen LogP contribution in [0.5, 0.6) is 0 Å². The molecule has 0 N–H and O–H groups in total. The second kappa shape index (κ2) is 12.3. The summed E-state index contributed by atoms with van der Waals surface area (Å²) in [5, 5.41) is 0. The summed E-state index contributed by atoms with van der Waals surface area (Å²) < 4.78 is 0. The van der Waals surface area contributed by atoms with Crippen LogP contribution in [0.25, 0.3) is 0 Å². The molecule has 0 spiro atoms. The SMILES string of the molecule is CCC(C)C(CC)C(CCCCCCN(C)CC)=C(C)C. The highest BCUT2D eigenvalue weighted by Crippen LogP contribution is 2.32. The van der Waals surface area contributed by atoms with Crippen molar-refractivity contribution in [2.24, 2.45) is 11.8 Å². The lowest BCUT2D eigenvalue weighted by molar-refractivity contribution is 0.339. The molecule has 126 valence electrons. The molecule has 0 radical (unpaired) electrons. The summed E-state index contributed by atoms with van der Waals surface area (Å²) in [6.07, 6.45) is 9.45. The standard InChI is InChI=1S/C20H41N/c1-8-18(6)19(9-2)20(17(4)5)15-13-11-12-14-16-21(7)10-3/h18-19H,8-16H2,1-7H3. The zero-order valence-corrected chi connectivity index (χ0v) is 16.0. The maximum absolute atomic E-state index is 2.43. The van der Waals surface area contributed by atoms with Gasteiger partial charge in [0.05, 0.1) is 0 Å². The Labute approximate surface area is 135 Å². The van der Waals surface area contributed by atoms with Gasteiger partial charge in [0.15, 0.2) is 0 Å². The maximum atomic E-state index is 2.43. The van der Waals surface area contributed by atoms with Crippen molar-refractivity contribution in [3.63, 3.8) is 0 Å². The molecule has 1 nitrogen and oxygen atoms in total. The third kappa shape index (κ3) is 8.66. The predicted octanol–water partition coefficient (Wildman–Crippen LogP) is 6.30. The molecule has 1 heteroatoms. The van der Waals surface area contributed by atoms with Crippen LogP contribution < -0.4 is 0 Å². The molecule has 0 aromatic heterocycles. The van der Waals surface area contributed by atoms with Crippen LogP contribution in [-0.4, -0.2) is 25.0 Å². The third-order valence-electron chi connectivity index (χ3n) is 5.14. The molecule has 0 amide bonds. The van der Waals surface area contributed by atoms with Gasteiger partial charge < -0.3 is 4.90 Å². The van der Waals surface area contributed by atoms with Crippen molar-refractivity contribution in [3.05, 3.63) is 11.1 Å². The molecular formula is C20H41N. The number of nitrogens with zero attached hydrogens (tertiary/aromatic N) is 1. The Kier molecular flexibility index (Phi) is 12.1. The minimum absolute atomic E-state index is 0.811. The molecule has 0 aromatic carbocycles. The molecule has 0 rings (SSSR count). The maximum Gasteiger partial charge on any atom is -0.00219 e. The Morgan fingerprint density at radius 2 is 1.52 bits per heavy atom. The van der Waals surface area contributed by atoms with Crippen molar-refractivity contribution in [3.8, 4) is 0 Å². The largest absolute Gasteiger partial charge is 0.307 e. The molecular weight excluding hydrogens is 254 g/mol.